The van der Waals surface area contributed by atoms with Gasteiger partial charge in [0.25, 0.3) is 11.7 Å². The Bertz CT molecular complexity index is 914. The first-order valence-electron chi connectivity index (χ1n) is 9.32. The Hall–Kier alpha value is -3.00. The average Bonchev–Trinajstić information content (AvgIpc) is 2.68. The lowest BCUT2D eigenvalue weighted by atomic mass is 10.1. The summed E-state index contributed by atoms with van der Waals surface area (Å²) < 4.78 is 41.3. The monoisotopic (exact) mass is 446 g/mol. The number of hydrogen-bond donors (Lipinski definition) is 3. The fraction of sp³-hybridized carbons (Fsp3) is 0.562. The minimum Gasteiger partial charge on any atom is -0.438 e. The fourth-order valence-corrected chi connectivity index (χ4v) is 3.12. The van der Waals surface area contributed by atoms with Crippen LogP contribution in [0.15, 0.2) is 6.07 Å². The summed E-state index contributed by atoms with van der Waals surface area (Å²) in [5, 5.41) is 4.51. The molecule has 1 fully saturated rings. The summed E-state index contributed by atoms with van der Waals surface area (Å²) in [6.07, 6.45) is 1.75. The number of nitrogens with zero attached hydrogens (tertiary/aromatic N) is 3. The molecule has 1 aliphatic heterocycles. The smallest absolute Gasteiger partial charge is 0.438 e. The molecular formula is C16H24N5O8S+. The molecule has 1 saturated heterocycles. The minimum atomic E-state index is -5.15. The van der Waals surface area contributed by atoms with Crippen LogP contribution in [-0.4, -0.2) is 62.0 Å². The van der Waals surface area contributed by atoms with Crippen LogP contribution in [0.5, 0.6) is 0 Å². The highest BCUT2D eigenvalue weighted by Gasteiger charge is 2.35. The van der Waals surface area contributed by atoms with Crippen LogP contribution in [0.25, 0.3) is 0 Å². The highest BCUT2D eigenvalue weighted by molar-refractivity contribution is 7.80. The first kappa shape index (κ1) is 23.3. The van der Waals surface area contributed by atoms with Crippen molar-refractivity contribution in [3.05, 3.63) is 11.9 Å². The standard InChI is InChI=1S/C16H23N5O8S/c1-3-17-15(23)13(22)14-18-11(20-8-6-5-7-9-20)10-12(19-16(24)28-4-2)21(14)29-30(25,26)27/h10H,3-9H2,1-2H3,(H2,17,23,25,26,27)/p+1. The molecular weight excluding hydrogens is 422 g/mol. The van der Waals surface area contributed by atoms with Gasteiger partial charge in [0.1, 0.15) is 0 Å². The zero-order valence-corrected chi connectivity index (χ0v) is 17.4. The molecule has 13 nitrogen and oxygen atoms in total. The second-order valence-corrected chi connectivity index (χ2v) is 7.21. The molecule has 0 bridgehead atoms. The zero-order chi connectivity index (χ0) is 22.3. The summed E-state index contributed by atoms with van der Waals surface area (Å²) in [6.45, 7) is 4.48. The van der Waals surface area contributed by atoms with Crippen LogP contribution >= 0.6 is 0 Å². The third kappa shape index (κ3) is 6.25. The Morgan fingerprint density at radius 1 is 1.23 bits per heavy atom. The van der Waals surface area contributed by atoms with E-state index in [-0.39, 0.29) is 29.5 Å². The van der Waals surface area contributed by atoms with Gasteiger partial charge in [0.05, 0.1) is 12.7 Å². The number of nitrogens with one attached hydrogen (secondary N) is 2. The molecule has 2 rings (SSSR count). The van der Waals surface area contributed by atoms with Crippen LogP contribution in [0.3, 0.4) is 0 Å². The minimum absolute atomic E-state index is 0.0136. The van der Waals surface area contributed by atoms with Crippen LogP contribution in [0.1, 0.15) is 43.7 Å². The maximum Gasteiger partial charge on any atom is 0.476 e. The number of aromatic nitrogens is 2. The van der Waals surface area contributed by atoms with Gasteiger partial charge in [-0.25, -0.2) is 14.4 Å². The fourth-order valence-electron chi connectivity index (χ4n) is 2.78. The van der Waals surface area contributed by atoms with Gasteiger partial charge >= 0.3 is 28.1 Å². The Balaban J connectivity index is 2.64. The summed E-state index contributed by atoms with van der Waals surface area (Å²) in [5.74, 6) is -3.23. The molecule has 0 radical (unpaired) electrons. The van der Waals surface area contributed by atoms with Gasteiger partial charge in [0, 0.05) is 19.6 Å². The van der Waals surface area contributed by atoms with Crippen molar-refractivity contribution in [2.24, 2.45) is 0 Å². The van der Waals surface area contributed by atoms with Crippen LogP contribution in [0, 0.1) is 0 Å². The molecule has 14 heteroatoms. The van der Waals surface area contributed by atoms with E-state index < -0.39 is 34.0 Å². The number of carbonyl (C=O) groups excluding carboxylic acids is 3. The molecule has 0 unspecified atom stereocenters. The van der Waals surface area contributed by atoms with E-state index in [2.05, 4.69) is 19.9 Å². The van der Waals surface area contributed by atoms with Crippen molar-refractivity contribution >= 4 is 39.8 Å². The molecule has 0 aromatic carbocycles. The normalized spacial score (nSPS) is 14.0. The van der Waals surface area contributed by atoms with Crippen LogP contribution in [-0.2, 0) is 19.9 Å². The van der Waals surface area contributed by atoms with Gasteiger partial charge in [-0.1, -0.05) is 4.98 Å². The van der Waals surface area contributed by atoms with Crippen molar-refractivity contribution in [3.8, 4) is 0 Å². The second-order valence-electron chi connectivity index (χ2n) is 6.20. The Morgan fingerprint density at radius 3 is 2.47 bits per heavy atom. The van der Waals surface area contributed by atoms with Crippen LogP contribution in [0.2, 0.25) is 0 Å². The Kier molecular flexibility index (Phi) is 7.88. The van der Waals surface area contributed by atoms with E-state index in [1.54, 1.807) is 13.8 Å². The molecule has 0 saturated carbocycles. The van der Waals surface area contributed by atoms with Gasteiger partial charge < -0.3 is 15.0 Å². The van der Waals surface area contributed by atoms with Crippen molar-refractivity contribution in [1.29, 1.82) is 0 Å². The Labute approximate surface area is 173 Å². The molecule has 166 valence electrons. The van der Waals surface area contributed by atoms with Crippen molar-refractivity contribution in [1.82, 2.24) is 10.3 Å². The van der Waals surface area contributed by atoms with E-state index >= 15 is 0 Å². The number of rotatable bonds is 8. The molecule has 1 aliphatic rings. The summed E-state index contributed by atoms with van der Waals surface area (Å²) in [5.41, 5.74) is 0. The molecule has 2 heterocycles. The number of amides is 2. The van der Waals surface area contributed by atoms with Gasteiger partial charge in [0.2, 0.25) is 5.82 Å². The number of piperidine rings is 1. The lowest BCUT2D eigenvalue weighted by Crippen LogP contribution is -2.55. The van der Waals surface area contributed by atoms with E-state index in [1.807, 2.05) is 4.90 Å². The molecule has 1 aromatic heterocycles. The predicted molar refractivity (Wildman–Crippen MR) is 102 cm³/mol. The van der Waals surface area contributed by atoms with Crippen molar-refractivity contribution in [2.45, 2.75) is 33.1 Å². The lowest BCUT2D eigenvalue weighted by Gasteiger charge is -2.26. The first-order chi connectivity index (χ1) is 14.2. The van der Waals surface area contributed by atoms with Crippen molar-refractivity contribution < 1.29 is 41.1 Å². The van der Waals surface area contributed by atoms with Gasteiger partial charge in [-0.2, -0.15) is 8.42 Å². The largest absolute Gasteiger partial charge is 0.476 e. The van der Waals surface area contributed by atoms with Crippen molar-refractivity contribution in [3.63, 3.8) is 0 Å². The summed E-state index contributed by atoms with van der Waals surface area (Å²) in [4.78, 5) is 42.5. The number of ether oxygens (including phenoxy) is 1. The summed E-state index contributed by atoms with van der Waals surface area (Å²) in [6, 6.07) is 1.25. The SMILES string of the molecule is CCNC(=O)C(=O)c1nc(N2CCCCC2)cc(NC(=O)OCC)[n+]1OS(=O)(=O)O. The van der Waals surface area contributed by atoms with Gasteiger partial charge in [-0.3, -0.25) is 14.1 Å². The quantitative estimate of drug-likeness (QED) is 0.204. The number of Topliss-reactive ketones (excluding diaryl/α,β-unsaturated/α-hetero) is 1. The van der Waals surface area contributed by atoms with Gasteiger partial charge in [-0.15, -0.1) is 0 Å². The van der Waals surface area contributed by atoms with E-state index in [0.717, 1.165) is 19.3 Å². The highest BCUT2D eigenvalue weighted by Crippen LogP contribution is 2.20. The number of likely N-dealkylation sites (N-methyl/N-ethyl adjacent to an activating group) is 1. The third-order valence-corrected chi connectivity index (χ3v) is 4.34. The molecule has 30 heavy (non-hydrogen) atoms. The first-order valence-corrected chi connectivity index (χ1v) is 10.7. The second kappa shape index (κ2) is 10.2. The third-order valence-electron chi connectivity index (χ3n) is 4.00. The Morgan fingerprint density at radius 2 is 1.90 bits per heavy atom. The van der Waals surface area contributed by atoms with Crippen LogP contribution < -0.4 is 24.5 Å². The molecule has 0 atom stereocenters. The molecule has 2 amide bonds. The maximum absolute atomic E-state index is 12.6. The summed E-state index contributed by atoms with van der Waals surface area (Å²) in [7, 11) is -5.15. The average molecular weight is 446 g/mol. The number of hydrogen-bond acceptors (Lipinski definition) is 9. The van der Waals surface area contributed by atoms with Crippen LogP contribution in [0.4, 0.5) is 16.4 Å². The van der Waals surface area contributed by atoms with Gasteiger partial charge in [0.15, 0.2) is 0 Å². The maximum atomic E-state index is 12.6. The van der Waals surface area contributed by atoms with Crippen molar-refractivity contribution in [2.75, 3.05) is 36.5 Å². The molecule has 0 spiro atoms. The predicted octanol–water partition coefficient (Wildman–Crippen LogP) is -0.522. The number of anilines is 2. The lowest BCUT2D eigenvalue weighted by molar-refractivity contribution is -0.848. The van der Waals surface area contributed by atoms with E-state index in [9.17, 15) is 22.8 Å². The molecule has 0 aliphatic carbocycles. The van der Waals surface area contributed by atoms with E-state index in [0.29, 0.717) is 13.1 Å². The molecule has 1 aromatic rings. The number of ketones is 1. The van der Waals surface area contributed by atoms with Gasteiger partial charge in [-0.05, 0) is 37.8 Å². The summed E-state index contributed by atoms with van der Waals surface area (Å²) >= 11 is 0. The number of carbonyl (C=O) groups is 3. The highest BCUT2D eigenvalue weighted by atomic mass is 32.3. The zero-order valence-electron chi connectivity index (χ0n) is 16.6. The molecule has 3 N–H and O–H groups in total. The van der Waals surface area contributed by atoms with E-state index in [4.69, 9.17) is 9.29 Å². The van der Waals surface area contributed by atoms with E-state index in [1.165, 1.54) is 6.07 Å². The topological polar surface area (TPSA) is 168 Å².